The fourth-order valence-corrected chi connectivity index (χ4v) is 1.48. The summed E-state index contributed by atoms with van der Waals surface area (Å²) < 4.78 is 15.0. The van der Waals surface area contributed by atoms with E-state index in [0.29, 0.717) is 11.3 Å². The molecule has 0 N–H and O–H groups in total. The number of nitrogens with zero attached hydrogens (tertiary/aromatic N) is 1. The number of hydrogen-bond donors (Lipinski definition) is 0. The second-order valence-electron chi connectivity index (χ2n) is 3.07. The molecule has 6 nitrogen and oxygen atoms in total. The van der Waals surface area contributed by atoms with Gasteiger partial charge in [-0.15, -0.1) is 11.6 Å². The SMILES string of the molecule is COCOc1cc([N+](=O)[O-])c(CCl)cc1OC. The molecule has 0 fully saturated rings. The average molecular weight is 262 g/mol. The third kappa shape index (κ3) is 3.21. The monoisotopic (exact) mass is 261 g/mol. The zero-order chi connectivity index (χ0) is 12.8. The second kappa shape index (κ2) is 6.27. The van der Waals surface area contributed by atoms with Gasteiger partial charge in [0.1, 0.15) is 0 Å². The van der Waals surface area contributed by atoms with Gasteiger partial charge in [0.2, 0.25) is 0 Å². The molecular weight excluding hydrogens is 250 g/mol. The number of hydrogen-bond acceptors (Lipinski definition) is 5. The number of benzene rings is 1. The zero-order valence-electron chi connectivity index (χ0n) is 9.44. The molecule has 0 bridgehead atoms. The molecule has 0 saturated heterocycles. The maximum absolute atomic E-state index is 10.8. The Morgan fingerprint density at radius 2 is 2.06 bits per heavy atom. The summed E-state index contributed by atoms with van der Waals surface area (Å²) in [5, 5.41) is 10.8. The molecule has 0 atom stereocenters. The normalized spacial score (nSPS) is 10.1. The number of halogens is 1. The highest BCUT2D eigenvalue weighted by atomic mass is 35.5. The van der Waals surface area contributed by atoms with Gasteiger partial charge in [-0.05, 0) is 6.07 Å². The quantitative estimate of drug-likeness (QED) is 0.340. The van der Waals surface area contributed by atoms with Gasteiger partial charge < -0.3 is 14.2 Å². The van der Waals surface area contributed by atoms with Crippen LogP contribution in [-0.4, -0.2) is 25.9 Å². The van der Waals surface area contributed by atoms with Crippen LogP contribution in [0.25, 0.3) is 0 Å². The maximum atomic E-state index is 10.8. The molecule has 1 rings (SSSR count). The first-order valence-corrected chi connectivity index (χ1v) is 5.20. The molecular formula is C10H12ClNO5. The van der Waals surface area contributed by atoms with Gasteiger partial charge in [0.05, 0.1) is 24.0 Å². The van der Waals surface area contributed by atoms with Crippen LogP contribution in [0.5, 0.6) is 11.5 Å². The fraction of sp³-hybridized carbons (Fsp3) is 0.400. The molecule has 7 heteroatoms. The van der Waals surface area contributed by atoms with Crippen molar-refractivity contribution in [3.63, 3.8) is 0 Å². The molecule has 0 radical (unpaired) electrons. The van der Waals surface area contributed by atoms with Crippen molar-refractivity contribution < 1.29 is 19.1 Å². The van der Waals surface area contributed by atoms with E-state index >= 15 is 0 Å². The highest BCUT2D eigenvalue weighted by Crippen LogP contribution is 2.35. The minimum absolute atomic E-state index is 0.0201. The van der Waals surface area contributed by atoms with E-state index in [0.717, 1.165) is 0 Å². The number of alkyl halides is 1. The topological polar surface area (TPSA) is 70.8 Å². The first-order valence-electron chi connectivity index (χ1n) is 4.67. The molecule has 0 aliphatic heterocycles. The maximum Gasteiger partial charge on any atom is 0.277 e. The Bertz CT molecular complexity index is 410. The predicted octanol–water partition coefficient (Wildman–Crippen LogP) is 2.32. The zero-order valence-corrected chi connectivity index (χ0v) is 10.2. The van der Waals surface area contributed by atoms with Crippen LogP contribution in [0.1, 0.15) is 5.56 Å². The first kappa shape index (κ1) is 13.5. The van der Waals surface area contributed by atoms with Crippen molar-refractivity contribution in [2.75, 3.05) is 21.0 Å². The number of nitro benzene ring substituents is 1. The van der Waals surface area contributed by atoms with Crippen molar-refractivity contribution in [2.45, 2.75) is 5.88 Å². The van der Waals surface area contributed by atoms with E-state index in [9.17, 15) is 10.1 Å². The Labute approximate surface area is 103 Å². The third-order valence-electron chi connectivity index (χ3n) is 2.04. The van der Waals surface area contributed by atoms with Crippen LogP contribution in [0.15, 0.2) is 12.1 Å². The Morgan fingerprint density at radius 1 is 1.35 bits per heavy atom. The van der Waals surface area contributed by atoms with E-state index in [2.05, 4.69) is 0 Å². The Morgan fingerprint density at radius 3 is 2.53 bits per heavy atom. The van der Waals surface area contributed by atoms with Crippen LogP contribution in [0.3, 0.4) is 0 Å². The molecule has 0 amide bonds. The summed E-state index contributed by atoms with van der Waals surface area (Å²) in [5.41, 5.74) is 0.269. The van der Waals surface area contributed by atoms with Gasteiger partial charge in [0.15, 0.2) is 18.3 Å². The van der Waals surface area contributed by atoms with Gasteiger partial charge in [-0.25, -0.2) is 0 Å². The van der Waals surface area contributed by atoms with Crippen LogP contribution in [0.2, 0.25) is 0 Å². The molecule has 0 aromatic heterocycles. The molecule has 0 spiro atoms. The van der Waals surface area contributed by atoms with Crippen molar-refractivity contribution in [1.29, 1.82) is 0 Å². The van der Waals surface area contributed by atoms with Crippen molar-refractivity contribution in [2.24, 2.45) is 0 Å². The van der Waals surface area contributed by atoms with Gasteiger partial charge in [-0.3, -0.25) is 10.1 Å². The van der Waals surface area contributed by atoms with Crippen LogP contribution >= 0.6 is 11.6 Å². The van der Waals surface area contributed by atoms with Crippen LogP contribution in [0.4, 0.5) is 5.69 Å². The lowest BCUT2D eigenvalue weighted by Gasteiger charge is -2.11. The van der Waals surface area contributed by atoms with Gasteiger partial charge in [-0.1, -0.05) is 0 Å². The Hall–Kier alpha value is -1.53. The minimum atomic E-state index is -0.517. The summed E-state index contributed by atoms with van der Waals surface area (Å²) in [6.07, 6.45) is 0. The Kier molecular flexibility index (Phi) is 4.99. The highest BCUT2D eigenvalue weighted by molar-refractivity contribution is 6.17. The highest BCUT2D eigenvalue weighted by Gasteiger charge is 2.19. The van der Waals surface area contributed by atoms with Crippen molar-refractivity contribution in [3.05, 3.63) is 27.8 Å². The van der Waals surface area contributed by atoms with E-state index < -0.39 is 4.92 Å². The van der Waals surface area contributed by atoms with Gasteiger partial charge in [0.25, 0.3) is 5.69 Å². The molecule has 0 aliphatic carbocycles. The van der Waals surface area contributed by atoms with Crippen molar-refractivity contribution in [3.8, 4) is 11.5 Å². The lowest BCUT2D eigenvalue weighted by Crippen LogP contribution is -2.03. The van der Waals surface area contributed by atoms with Crippen molar-refractivity contribution in [1.82, 2.24) is 0 Å². The summed E-state index contributed by atoms with van der Waals surface area (Å²) in [4.78, 5) is 10.3. The van der Waals surface area contributed by atoms with Crippen LogP contribution in [0, 0.1) is 10.1 Å². The standard InChI is InChI=1S/C10H12ClNO5/c1-15-6-17-10-4-8(12(13)14)7(5-11)3-9(10)16-2/h3-4H,5-6H2,1-2H3. The van der Waals surface area contributed by atoms with Gasteiger partial charge >= 0.3 is 0 Å². The first-order chi connectivity index (χ1) is 8.13. The summed E-state index contributed by atoms with van der Waals surface area (Å²) in [7, 11) is 2.90. The smallest absolute Gasteiger partial charge is 0.277 e. The average Bonchev–Trinajstić information content (AvgIpc) is 2.34. The van der Waals surface area contributed by atoms with Crippen molar-refractivity contribution >= 4 is 17.3 Å². The molecule has 94 valence electrons. The van der Waals surface area contributed by atoms with E-state index in [1.807, 2.05) is 0 Å². The van der Waals surface area contributed by atoms with Gasteiger partial charge in [0, 0.05) is 12.7 Å². The van der Waals surface area contributed by atoms with E-state index in [1.165, 1.54) is 26.4 Å². The minimum Gasteiger partial charge on any atom is -0.493 e. The summed E-state index contributed by atoms with van der Waals surface area (Å²) >= 11 is 5.64. The van der Waals surface area contributed by atoms with Gasteiger partial charge in [-0.2, -0.15) is 0 Å². The summed E-state index contributed by atoms with van der Waals surface area (Å²) in [5.74, 6) is 0.648. The molecule has 0 heterocycles. The fourth-order valence-electron chi connectivity index (χ4n) is 1.26. The third-order valence-corrected chi connectivity index (χ3v) is 2.33. The predicted molar refractivity (Wildman–Crippen MR) is 61.7 cm³/mol. The number of methoxy groups -OCH3 is 2. The summed E-state index contributed by atoms with van der Waals surface area (Å²) in [6.45, 7) is -0.0201. The largest absolute Gasteiger partial charge is 0.493 e. The molecule has 0 unspecified atom stereocenters. The molecule has 1 aromatic rings. The van der Waals surface area contributed by atoms with E-state index in [4.69, 9.17) is 25.8 Å². The molecule has 0 aliphatic rings. The molecule has 0 saturated carbocycles. The lowest BCUT2D eigenvalue weighted by molar-refractivity contribution is -0.385. The second-order valence-corrected chi connectivity index (χ2v) is 3.34. The molecule has 17 heavy (non-hydrogen) atoms. The van der Waals surface area contributed by atoms with Crippen LogP contribution < -0.4 is 9.47 Å². The molecule has 1 aromatic carbocycles. The lowest BCUT2D eigenvalue weighted by atomic mass is 10.2. The number of nitro groups is 1. The van der Waals surface area contributed by atoms with Crippen LogP contribution in [-0.2, 0) is 10.6 Å². The van der Waals surface area contributed by atoms with E-state index in [1.54, 1.807) is 0 Å². The Balaban J connectivity index is 3.18. The number of rotatable bonds is 6. The van der Waals surface area contributed by atoms with E-state index in [-0.39, 0.29) is 24.1 Å². The summed E-state index contributed by atoms with van der Waals surface area (Å²) in [6, 6.07) is 2.76. The number of ether oxygens (including phenoxy) is 3.